The maximum atomic E-state index is 13.7. The summed E-state index contributed by atoms with van der Waals surface area (Å²) in [5.74, 6) is 0.479. The Balaban J connectivity index is 1.26. The van der Waals surface area contributed by atoms with Gasteiger partial charge < -0.3 is 14.2 Å². The SMILES string of the molecule is Cn1cc(S(=O)(=O)N2C[C@H](CN3C(=O)COC3=O)Oc3ccc(CC(=O)OC4C[C@@H]5CC[C@H]4C5)cc32)cn1. The van der Waals surface area contributed by atoms with Crippen LogP contribution in [0.25, 0.3) is 0 Å². The number of hydrogen-bond donors (Lipinski definition) is 0. The molecule has 2 aromatic rings. The van der Waals surface area contributed by atoms with Crippen molar-refractivity contribution < 1.29 is 37.0 Å². The third-order valence-electron chi connectivity index (χ3n) is 7.76. The highest BCUT2D eigenvalue weighted by Crippen LogP contribution is 2.46. The first-order valence-electron chi connectivity index (χ1n) is 12.6. The number of sulfonamides is 1. The topological polar surface area (TPSA) is 137 Å². The van der Waals surface area contributed by atoms with Gasteiger partial charge in [0.15, 0.2) is 6.61 Å². The van der Waals surface area contributed by atoms with E-state index in [1.165, 1.54) is 27.8 Å². The number of aryl methyl sites for hydroxylation is 1. The zero-order valence-corrected chi connectivity index (χ0v) is 21.6. The van der Waals surface area contributed by atoms with Crippen LogP contribution in [0.3, 0.4) is 0 Å². The van der Waals surface area contributed by atoms with Gasteiger partial charge in [-0.3, -0.25) is 18.6 Å². The summed E-state index contributed by atoms with van der Waals surface area (Å²) in [6, 6.07) is 4.89. The quantitative estimate of drug-likeness (QED) is 0.476. The highest BCUT2D eigenvalue weighted by atomic mass is 32.2. The largest absolute Gasteiger partial charge is 0.484 e. The van der Waals surface area contributed by atoms with E-state index in [4.69, 9.17) is 14.2 Å². The Hall–Kier alpha value is -3.61. The average molecular weight is 545 g/mol. The number of cyclic esters (lactones) is 1. The molecule has 2 bridgehead atoms. The van der Waals surface area contributed by atoms with Crippen LogP contribution in [0.4, 0.5) is 10.5 Å². The molecule has 3 fully saturated rings. The summed E-state index contributed by atoms with van der Waals surface area (Å²) < 4.78 is 46.4. The van der Waals surface area contributed by atoms with E-state index in [0.29, 0.717) is 17.4 Å². The second-order valence-corrected chi connectivity index (χ2v) is 12.2. The smallest absolute Gasteiger partial charge is 0.417 e. The second kappa shape index (κ2) is 9.29. The maximum absolute atomic E-state index is 13.7. The second-order valence-electron chi connectivity index (χ2n) is 10.4. The number of esters is 1. The van der Waals surface area contributed by atoms with Gasteiger partial charge in [-0.1, -0.05) is 6.07 Å². The highest BCUT2D eigenvalue weighted by Gasteiger charge is 2.42. The van der Waals surface area contributed by atoms with Crippen molar-refractivity contribution in [3.63, 3.8) is 0 Å². The minimum Gasteiger partial charge on any atom is -0.484 e. The molecule has 0 radical (unpaired) electrons. The van der Waals surface area contributed by atoms with Crippen LogP contribution in [0.1, 0.15) is 31.2 Å². The van der Waals surface area contributed by atoms with Gasteiger partial charge in [0.2, 0.25) is 0 Å². The number of benzene rings is 1. The van der Waals surface area contributed by atoms with E-state index in [1.807, 2.05) is 0 Å². The van der Waals surface area contributed by atoms with Crippen LogP contribution in [0.2, 0.25) is 0 Å². The lowest BCUT2D eigenvalue weighted by atomic mass is 9.98. The number of carbonyl (C=O) groups excluding carboxylic acids is 3. The number of aromatic nitrogens is 2. The predicted octanol–water partition coefficient (Wildman–Crippen LogP) is 1.63. The molecule has 202 valence electrons. The first kappa shape index (κ1) is 24.7. The Bertz CT molecular complexity index is 1390. The van der Waals surface area contributed by atoms with E-state index in [2.05, 4.69) is 5.10 Å². The van der Waals surface area contributed by atoms with Crippen molar-refractivity contribution in [2.24, 2.45) is 18.9 Å². The number of amides is 2. The lowest BCUT2D eigenvalue weighted by Gasteiger charge is -2.36. The summed E-state index contributed by atoms with van der Waals surface area (Å²) in [5, 5.41) is 3.98. The normalized spacial score (nSPS) is 26.3. The van der Waals surface area contributed by atoms with Crippen LogP contribution in [-0.2, 0) is 42.6 Å². The van der Waals surface area contributed by atoms with Crippen molar-refractivity contribution in [3.05, 3.63) is 36.2 Å². The molecule has 2 aliphatic heterocycles. The summed E-state index contributed by atoms with van der Waals surface area (Å²) >= 11 is 0. The van der Waals surface area contributed by atoms with Gasteiger partial charge in [0.1, 0.15) is 22.9 Å². The lowest BCUT2D eigenvalue weighted by Crippen LogP contribution is -2.49. The van der Waals surface area contributed by atoms with Crippen molar-refractivity contribution in [3.8, 4) is 5.75 Å². The molecular weight excluding hydrogens is 516 g/mol. The lowest BCUT2D eigenvalue weighted by molar-refractivity contribution is -0.150. The Morgan fingerprint density at radius 3 is 2.71 bits per heavy atom. The van der Waals surface area contributed by atoms with E-state index in [0.717, 1.165) is 24.2 Å². The fourth-order valence-corrected chi connectivity index (χ4v) is 7.40. The molecule has 1 aromatic heterocycles. The van der Waals surface area contributed by atoms with Crippen LogP contribution < -0.4 is 9.04 Å². The van der Waals surface area contributed by atoms with E-state index < -0.39 is 28.1 Å². The Kier molecular flexibility index (Phi) is 6.04. The third-order valence-corrected chi connectivity index (χ3v) is 9.49. The maximum Gasteiger partial charge on any atom is 0.417 e. The molecule has 12 nitrogen and oxygen atoms in total. The molecule has 0 N–H and O–H groups in total. The molecule has 0 spiro atoms. The molecular formula is C25H28N4O8S. The van der Waals surface area contributed by atoms with Gasteiger partial charge in [0, 0.05) is 13.2 Å². The minimum absolute atomic E-state index is 0.000500. The number of anilines is 1. The minimum atomic E-state index is -4.08. The molecule has 4 aliphatic rings. The molecule has 1 saturated heterocycles. The molecule has 13 heteroatoms. The van der Waals surface area contributed by atoms with E-state index >= 15 is 0 Å². The number of carbonyl (C=O) groups is 3. The molecule has 2 amide bonds. The standard InChI is InChI=1S/C25H28N4O8S/c1-27-13-19(10-26-27)38(33,34)29-12-18(11-28-23(30)14-35-25(28)32)36-21-5-3-16(7-20(21)29)9-24(31)37-22-8-15-2-4-17(22)6-15/h3,5,7,10,13,15,17-18,22H,2,4,6,8-9,11-12,14H2,1H3/t15-,17+,18+,22?/m1/s1. The van der Waals surface area contributed by atoms with Crippen LogP contribution in [0, 0.1) is 11.8 Å². The van der Waals surface area contributed by atoms with E-state index in [1.54, 1.807) is 25.2 Å². The van der Waals surface area contributed by atoms with Crippen LogP contribution >= 0.6 is 0 Å². The van der Waals surface area contributed by atoms with Crippen molar-refractivity contribution in [1.29, 1.82) is 0 Å². The first-order valence-corrected chi connectivity index (χ1v) is 14.1. The summed E-state index contributed by atoms with van der Waals surface area (Å²) in [5.41, 5.74) is 0.842. The molecule has 1 unspecified atom stereocenters. The van der Waals surface area contributed by atoms with Gasteiger partial charge in [-0.25, -0.2) is 18.1 Å². The Morgan fingerprint density at radius 2 is 2.05 bits per heavy atom. The van der Waals surface area contributed by atoms with Crippen molar-refractivity contribution in [2.75, 3.05) is 24.0 Å². The van der Waals surface area contributed by atoms with Gasteiger partial charge in [-0.15, -0.1) is 0 Å². The van der Waals surface area contributed by atoms with Crippen molar-refractivity contribution in [1.82, 2.24) is 14.7 Å². The van der Waals surface area contributed by atoms with Crippen LogP contribution in [-0.4, -0.2) is 73.0 Å². The number of fused-ring (bicyclic) bond motifs is 3. The summed E-state index contributed by atoms with van der Waals surface area (Å²) in [7, 11) is -2.47. The average Bonchev–Trinajstić information content (AvgIpc) is 3.67. The molecule has 1 aromatic carbocycles. The fourth-order valence-electron chi connectivity index (χ4n) is 5.92. The van der Waals surface area contributed by atoms with E-state index in [9.17, 15) is 22.8 Å². The van der Waals surface area contributed by atoms with Gasteiger partial charge in [0.05, 0.1) is 31.4 Å². The van der Waals surface area contributed by atoms with Crippen LogP contribution in [0.5, 0.6) is 5.75 Å². The molecule has 38 heavy (non-hydrogen) atoms. The van der Waals surface area contributed by atoms with Gasteiger partial charge in [-0.05, 0) is 55.2 Å². The monoisotopic (exact) mass is 544 g/mol. The fraction of sp³-hybridized carbons (Fsp3) is 0.520. The Labute approximate surface area is 219 Å². The Morgan fingerprint density at radius 1 is 1.21 bits per heavy atom. The summed E-state index contributed by atoms with van der Waals surface area (Å²) in [4.78, 5) is 37.6. The molecule has 3 heterocycles. The number of imide groups is 1. The van der Waals surface area contributed by atoms with Gasteiger partial charge in [-0.2, -0.15) is 5.10 Å². The molecule has 4 atom stereocenters. The summed E-state index contributed by atoms with van der Waals surface area (Å²) in [6.45, 7) is -0.699. The zero-order chi connectivity index (χ0) is 26.6. The number of ether oxygens (including phenoxy) is 3. The van der Waals surface area contributed by atoms with Crippen molar-refractivity contribution in [2.45, 2.75) is 49.2 Å². The zero-order valence-electron chi connectivity index (χ0n) is 20.8. The van der Waals surface area contributed by atoms with Gasteiger partial charge in [0.25, 0.3) is 15.9 Å². The van der Waals surface area contributed by atoms with Crippen molar-refractivity contribution >= 4 is 33.7 Å². The third kappa shape index (κ3) is 4.48. The number of hydrogen-bond acceptors (Lipinski definition) is 9. The predicted molar refractivity (Wildman–Crippen MR) is 131 cm³/mol. The first-order chi connectivity index (χ1) is 18.2. The number of rotatable bonds is 7. The number of nitrogens with zero attached hydrogens (tertiary/aromatic N) is 4. The molecule has 2 saturated carbocycles. The highest BCUT2D eigenvalue weighted by molar-refractivity contribution is 7.92. The van der Waals surface area contributed by atoms with Gasteiger partial charge >= 0.3 is 12.1 Å². The molecule has 2 aliphatic carbocycles. The molecule has 6 rings (SSSR count). The summed E-state index contributed by atoms with van der Waals surface area (Å²) in [6.07, 6.45) is 5.31. The van der Waals surface area contributed by atoms with E-state index in [-0.39, 0.29) is 54.5 Å². The van der Waals surface area contributed by atoms with Crippen LogP contribution in [0.15, 0.2) is 35.5 Å².